The van der Waals surface area contributed by atoms with Gasteiger partial charge >= 0.3 is 0 Å². The topological polar surface area (TPSA) is 23.5 Å². The van der Waals surface area contributed by atoms with Crippen molar-refractivity contribution in [3.05, 3.63) is 11.1 Å². The molecule has 0 spiro atoms. The normalized spacial score (nSPS) is 10.2. The maximum Gasteiger partial charge on any atom is 0.176 e. The molecule has 0 aromatic carbocycles. The zero-order chi connectivity index (χ0) is 8.59. The first-order valence-electron chi connectivity index (χ1n) is 3.50. The van der Waals surface area contributed by atoms with E-state index in [2.05, 4.69) is 0 Å². The lowest BCUT2D eigenvalue weighted by atomic mass is 10.2. The molecule has 0 saturated carbocycles. The van der Waals surface area contributed by atoms with Crippen molar-refractivity contribution in [2.75, 3.05) is 19.0 Å². The number of anilines is 1. The van der Waals surface area contributed by atoms with E-state index in [0.717, 1.165) is 10.6 Å². The average Bonchev–Trinajstić information content (AvgIpc) is 2.17. The fourth-order valence-electron chi connectivity index (χ4n) is 0.992. The second kappa shape index (κ2) is 2.74. The molecule has 0 bridgehead atoms. The molecule has 0 saturated heterocycles. The molecule has 0 fully saturated rings. The fraction of sp³-hybridized carbons (Fsp3) is 0.500. The maximum atomic E-state index is 9.36. The highest BCUT2D eigenvalue weighted by atomic mass is 32.1. The zero-order valence-corrected chi connectivity index (χ0v) is 8.12. The number of aromatic hydroxyl groups is 1. The van der Waals surface area contributed by atoms with Crippen LogP contribution in [-0.4, -0.2) is 19.2 Å². The van der Waals surface area contributed by atoms with Crippen molar-refractivity contribution in [2.24, 2.45) is 0 Å². The number of hydrogen-bond donors (Lipinski definition) is 1. The molecule has 0 aliphatic rings. The SMILES string of the molecule is Cc1c(O)sc(N(C)C)c1C. The molecule has 1 aromatic rings. The summed E-state index contributed by atoms with van der Waals surface area (Å²) in [5, 5.41) is 10.9. The Hall–Kier alpha value is -0.700. The van der Waals surface area contributed by atoms with Gasteiger partial charge in [-0.25, -0.2) is 0 Å². The predicted molar refractivity (Wildman–Crippen MR) is 49.8 cm³/mol. The molecule has 1 rings (SSSR count). The first-order valence-corrected chi connectivity index (χ1v) is 4.32. The lowest BCUT2D eigenvalue weighted by Crippen LogP contribution is -2.07. The predicted octanol–water partition coefficient (Wildman–Crippen LogP) is 2.14. The highest BCUT2D eigenvalue weighted by molar-refractivity contribution is 7.18. The van der Waals surface area contributed by atoms with Crippen molar-refractivity contribution in [1.82, 2.24) is 0 Å². The second-order valence-electron chi connectivity index (χ2n) is 2.86. The summed E-state index contributed by atoms with van der Waals surface area (Å²) in [5.41, 5.74) is 2.18. The van der Waals surface area contributed by atoms with E-state index in [1.54, 1.807) is 0 Å². The molecule has 0 unspecified atom stereocenters. The molecule has 1 N–H and O–H groups in total. The summed E-state index contributed by atoms with van der Waals surface area (Å²) in [7, 11) is 3.97. The van der Waals surface area contributed by atoms with Gasteiger partial charge in [-0.2, -0.15) is 0 Å². The van der Waals surface area contributed by atoms with Crippen LogP contribution in [0.1, 0.15) is 11.1 Å². The molecule has 0 aliphatic carbocycles. The van der Waals surface area contributed by atoms with Crippen molar-refractivity contribution in [2.45, 2.75) is 13.8 Å². The Morgan fingerprint density at radius 3 is 1.91 bits per heavy atom. The van der Waals surface area contributed by atoms with Gasteiger partial charge in [0.05, 0.1) is 5.00 Å². The third-order valence-corrected chi connectivity index (χ3v) is 3.17. The van der Waals surface area contributed by atoms with Gasteiger partial charge in [0.25, 0.3) is 0 Å². The summed E-state index contributed by atoms with van der Waals surface area (Å²) in [6.07, 6.45) is 0. The lowest BCUT2D eigenvalue weighted by molar-refractivity contribution is 0.487. The van der Waals surface area contributed by atoms with Crippen LogP contribution in [0.3, 0.4) is 0 Å². The largest absolute Gasteiger partial charge is 0.499 e. The van der Waals surface area contributed by atoms with E-state index in [4.69, 9.17) is 0 Å². The van der Waals surface area contributed by atoms with Gasteiger partial charge in [0.2, 0.25) is 0 Å². The lowest BCUT2D eigenvalue weighted by Gasteiger charge is -2.09. The molecule has 1 aromatic heterocycles. The van der Waals surface area contributed by atoms with Crippen molar-refractivity contribution < 1.29 is 5.11 Å². The minimum atomic E-state index is 0.436. The standard InChI is InChI=1S/C8H13NOS/c1-5-6(2)8(10)11-7(5)9(3)4/h10H,1-4H3. The molecule has 0 amide bonds. The van der Waals surface area contributed by atoms with Crippen LogP contribution in [0.2, 0.25) is 0 Å². The Balaban J connectivity index is 3.19. The van der Waals surface area contributed by atoms with Gasteiger partial charge in [-0.05, 0) is 19.4 Å². The van der Waals surface area contributed by atoms with Gasteiger partial charge in [-0.1, -0.05) is 11.3 Å². The van der Waals surface area contributed by atoms with Crippen molar-refractivity contribution in [1.29, 1.82) is 0 Å². The van der Waals surface area contributed by atoms with Gasteiger partial charge < -0.3 is 10.0 Å². The Labute approximate surface area is 71.1 Å². The minimum Gasteiger partial charge on any atom is -0.499 e. The highest BCUT2D eigenvalue weighted by Crippen LogP contribution is 2.38. The Kier molecular flexibility index (Phi) is 2.09. The quantitative estimate of drug-likeness (QED) is 0.699. The van der Waals surface area contributed by atoms with Crippen LogP contribution >= 0.6 is 11.3 Å². The number of hydrogen-bond acceptors (Lipinski definition) is 3. The molecule has 0 atom stereocenters. The fourth-order valence-corrected chi connectivity index (χ4v) is 1.97. The molecular weight excluding hydrogens is 158 g/mol. The Morgan fingerprint density at radius 2 is 1.73 bits per heavy atom. The number of nitrogens with zero attached hydrogens (tertiary/aromatic N) is 1. The summed E-state index contributed by atoms with van der Waals surface area (Å²) in [6, 6.07) is 0. The van der Waals surface area contributed by atoms with Crippen molar-refractivity contribution in [3.8, 4) is 5.06 Å². The van der Waals surface area contributed by atoms with Crippen LogP contribution in [0, 0.1) is 13.8 Å². The molecule has 1 heterocycles. The number of rotatable bonds is 1. The van der Waals surface area contributed by atoms with Crippen molar-refractivity contribution in [3.63, 3.8) is 0 Å². The van der Waals surface area contributed by atoms with E-state index in [1.165, 1.54) is 16.9 Å². The van der Waals surface area contributed by atoms with E-state index in [1.807, 2.05) is 32.8 Å². The van der Waals surface area contributed by atoms with Crippen LogP contribution in [0.4, 0.5) is 5.00 Å². The highest BCUT2D eigenvalue weighted by Gasteiger charge is 2.10. The van der Waals surface area contributed by atoms with Crippen LogP contribution in [0.25, 0.3) is 0 Å². The smallest absolute Gasteiger partial charge is 0.176 e. The van der Waals surface area contributed by atoms with Crippen molar-refractivity contribution >= 4 is 16.3 Å². The molecule has 3 heteroatoms. The summed E-state index contributed by atoms with van der Waals surface area (Å²) >= 11 is 1.43. The summed E-state index contributed by atoms with van der Waals surface area (Å²) < 4.78 is 0. The summed E-state index contributed by atoms with van der Waals surface area (Å²) in [6.45, 7) is 3.97. The summed E-state index contributed by atoms with van der Waals surface area (Å²) in [4.78, 5) is 2.02. The van der Waals surface area contributed by atoms with Crippen LogP contribution < -0.4 is 4.90 Å². The third kappa shape index (κ3) is 1.33. The van der Waals surface area contributed by atoms with Gasteiger partial charge in [0.15, 0.2) is 5.06 Å². The molecule has 11 heavy (non-hydrogen) atoms. The van der Waals surface area contributed by atoms with Crippen LogP contribution in [0.15, 0.2) is 0 Å². The first-order chi connectivity index (χ1) is 5.04. The molecule has 0 radical (unpaired) electrons. The Morgan fingerprint density at radius 1 is 1.18 bits per heavy atom. The van der Waals surface area contributed by atoms with E-state index in [-0.39, 0.29) is 0 Å². The average molecular weight is 171 g/mol. The maximum absolute atomic E-state index is 9.36. The van der Waals surface area contributed by atoms with Crippen LogP contribution in [-0.2, 0) is 0 Å². The molecular formula is C8H13NOS. The molecule has 2 nitrogen and oxygen atoms in total. The van der Waals surface area contributed by atoms with Gasteiger partial charge in [0.1, 0.15) is 0 Å². The Bertz CT molecular complexity index is 265. The van der Waals surface area contributed by atoms with Gasteiger partial charge in [0, 0.05) is 19.7 Å². The second-order valence-corrected chi connectivity index (χ2v) is 3.83. The van der Waals surface area contributed by atoms with E-state index in [9.17, 15) is 5.11 Å². The monoisotopic (exact) mass is 171 g/mol. The first kappa shape index (κ1) is 8.40. The van der Waals surface area contributed by atoms with Crippen LogP contribution in [0.5, 0.6) is 5.06 Å². The molecule has 0 aliphatic heterocycles. The van der Waals surface area contributed by atoms with E-state index in [0.29, 0.717) is 5.06 Å². The number of thiophene rings is 1. The summed E-state index contributed by atoms with van der Waals surface area (Å²) in [5.74, 6) is 0. The zero-order valence-electron chi connectivity index (χ0n) is 7.30. The molecule has 62 valence electrons. The third-order valence-electron chi connectivity index (χ3n) is 1.80. The van der Waals surface area contributed by atoms with Gasteiger partial charge in [-0.15, -0.1) is 0 Å². The van der Waals surface area contributed by atoms with E-state index >= 15 is 0 Å². The van der Waals surface area contributed by atoms with Gasteiger partial charge in [-0.3, -0.25) is 0 Å². The minimum absolute atomic E-state index is 0.436. The van der Waals surface area contributed by atoms with E-state index < -0.39 is 0 Å².